The molecule has 8 nitrogen and oxygen atoms in total. The Kier molecular flexibility index (Phi) is 6.33. The smallest absolute Gasteiger partial charge is 0.330 e. The minimum atomic E-state index is -0.503. The topological polar surface area (TPSA) is 106 Å². The van der Waals surface area contributed by atoms with Crippen LogP contribution in [0.4, 0.5) is 11.5 Å². The Labute approximate surface area is 168 Å². The molecule has 0 saturated carbocycles. The molecule has 0 aliphatic rings. The predicted octanol–water partition coefficient (Wildman–Crippen LogP) is 1.98. The summed E-state index contributed by atoms with van der Waals surface area (Å²) in [5.74, 6) is 0.361. The van der Waals surface area contributed by atoms with Gasteiger partial charge in [-0.1, -0.05) is 38.1 Å². The molecule has 0 spiro atoms. The molecule has 0 saturated heterocycles. The molecule has 0 amide bonds. The van der Waals surface area contributed by atoms with Gasteiger partial charge in [-0.05, 0) is 17.5 Å². The Balaban J connectivity index is 2.10. The van der Waals surface area contributed by atoms with Crippen LogP contribution in [0, 0.1) is 5.92 Å². The van der Waals surface area contributed by atoms with E-state index in [1.807, 2.05) is 49.1 Å². The quantitative estimate of drug-likeness (QED) is 0.602. The molecule has 29 heavy (non-hydrogen) atoms. The molecule has 154 valence electrons. The van der Waals surface area contributed by atoms with Crippen molar-refractivity contribution in [3.63, 3.8) is 0 Å². The molecular weight excluding hydrogens is 370 g/mol. The van der Waals surface area contributed by atoms with Gasteiger partial charge in [-0.2, -0.15) is 0 Å². The van der Waals surface area contributed by atoms with Gasteiger partial charge in [0, 0.05) is 38.3 Å². The van der Waals surface area contributed by atoms with Gasteiger partial charge in [0.15, 0.2) is 0 Å². The summed E-state index contributed by atoms with van der Waals surface area (Å²) >= 11 is 0. The number of pyridine rings is 1. The number of methoxy groups -OCH3 is 1. The van der Waals surface area contributed by atoms with Crippen molar-refractivity contribution in [2.45, 2.75) is 26.9 Å². The third-order valence-electron chi connectivity index (χ3n) is 4.72. The highest BCUT2D eigenvalue weighted by atomic mass is 16.5. The van der Waals surface area contributed by atoms with Gasteiger partial charge in [-0.15, -0.1) is 0 Å². The molecule has 1 aromatic carbocycles. The number of nitrogens with zero attached hydrogens (tertiary/aromatic N) is 3. The summed E-state index contributed by atoms with van der Waals surface area (Å²) in [6, 6.07) is 9.81. The molecule has 3 N–H and O–H groups in total. The van der Waals surface area contributed by atoms with Gasteiger partial charge < -0.3 is 15.4 Å². The molecule has 0 fully saturated rings. The summed E-state index contributed by atoms with van der Waals surface area (Å²) in [6.45, 7) is 5.64. The van der Waals surface area contributed by atoms with Crippen LogP contribution in [0.1, 0.15) is 19.4 Å². The van der Waals surface area contributed by atoms with Crippen LogP contribution >= 0.6 is 0 Å². The van der Waals surface area contributed by atoms with Crippen LogP contribution in [0.5, 0.6) is 0 Å². The van der Waals surface area contributed by atoms with Gasteiger partial charge >= 0.3 is 5.69 Å². The standard InChI is InChI=1S/C21H27N5O3/c1-14(2)12-26-19(22)18(20(27)24-21(26)28)25(10-11-29-3)13-16-7-4-6-15-8-5-9-23-17(15)16/h4-9,14H,10-13,22H2,1-3H3,(H,24,27,28). The highest BCUT2D eigenvalue weighted by molar-refractivity contribution is 5.82. The minimum absolute atomic E-state index is 0.164. The van der Waals surface area contributed by atoms with E-state index in [4.69, 9.17) is 10.5 Å². The molecular formula is C21H27N5O3. The largest absolute Gasteiger partial charge is 0.383 e. The second-order valence-corrected chi connectivity index (χ2v) is 7.40. The maximum absolute atomic E-state index is 12.7. The normalized spacial score (nSPS) is 11.3. The fourth-order valence-corrected chi connectivity index (χ4v) is 3.40. The van der Waals surface area contributed by atoms with E-state index in [0.29, 0.717) is 26.2 Å². The van der Waals surface area contributed by atoms with Crippen LogP contribution in [0.2, 0.25) is 0 Å². The zero-order valence-electron chi connectivity index (χ0n) is 17.0. The summed E-state index contributed by atoms with van der Waals surface area (Å²) in [4.78, 5) is 33.7. The van der Waals surface area contributed by atoms with Crippen molar-refractivity contribution in [1.82, 2.24) is 14.5 Å². The van der Waals surface area contributed by atoms with Gasteiger partial charge in [0.25, 0.3) is 5.56 Å². The molecule has 2 aromatic heterocycles. The summed E-state index contributed by atoms with van der Waals surface area (Å²) < 4.78 is 6.66. The maximum Gasteiger partial charge on any atom is 0.330 e. The van der Waals surface area contributed by atoms with Gasteiger partial charge in [0.1, 0.15) is 11.5 Å². The Morgan fingerprint density at radius 3 is 2.72 bits per heavy atom. The van der Waals surface area contributed by atoms with Crippen molar-refractivity contribution in [3.05, 3.63) is 62.9 Å². The van der Waals surface area contributed by atoms with Crippen molar-refractivity contribution >= 4 is 22.4 Å². The second kappa shape index (κ2) is 8.91. The number of fused-ring (bicyclic) bond motifs is 1. The number of aromatic nitrogens is 3. The van der Waals surface area contributed by atoms with E-state index in [1.165, 1.54) is 4.57 Å². The van der Waals surface area contributed by atoms with E-state index in [-0.39, 0.29) is 17.4 Å². The van der Waals surface area contributed by atoms with Crippen molar-refractivity contribution in [2.75, 3.05) is 30.9 Å². The Hall–Kier alpha value is -3.13. The first-order valence-electron chi connectivity index (χ1n) is 9.61. The summed E-state index contributed by atoms with van der Waals surface area (Å²) in [6.07, 6.45) is 1.75. The molecule has 0 atom stereocenters. The minimum Gasteiger partial charge on any atom is -0.383 e. The van der Waals surface area contributed by atoms with Crippen LogP contribution in [0.15, 0.2) is 46.1 Å². The number of rotatable bonds is 8. The summed E-state index contributed by atoms with van der Waals surface area (Å²) in [7, 11) is 1.60. The third kappa shape index (κ3) is 4.48. The molecule has 0 bridgehead atoms. The first-order chi connectivity index (χ1) is 13.9. The zero-order valence-corrected chi connectivity index (χ0v) is 17.0. The average molecular weight is 397 g/mol. The summed E-state index contributed by atoms with van der Waals surface area (Å²) in [5.41, 5.74) is 7.41. The number of aromatic amines is 1. The number of nitrogens with one attached hydrogen (secondary N) is 1. The number of hydrogen-bond donors (Lipinski definition) is 2. The van der Waals surface area contributed by atoms with E-state index in [2.05, 4.69) is 9.97 Å². The number of para-hydroxylation sites is 1. The Morgan fingerprint density at radius 2 is 2.00 bits per heavy atom. The number of hydrogen-bond acceptors (Lipinski definition) is 6. The SMILES string of the molecule is COCCN(Cc1cccc2cccnc12)c1c(N)n(CC(C)C)c(=O)[nH]c1=O. The lowest BCUT2D eigenvalue weighted by Gasteiger charge is -2.26. The number of nitrogens with two attached hydrogens (primary N) is 1. The third-order valence-corrected chi connectivity index (χ3v) is 4.72. The van der Waals surface area contributed by atoms with Crippen LogP contribution < -0.4 is 21.9 Å². The fourth-order valence-electron chi connectivity index (χ4n) is 3.40. The predicted molar refractivity (Wildman–Crippen MR) is 115 cm³/mol. The van der Waals surface area contributed by atoms with E-state index in [0.717, 1.165) is 16.5 Å². The van der Waals surface area contributed by atoms with E-state index in [9.17, 15) is 9.59 Å². The fraction of sp³-hybridized carbons (Fsp3) is 0.381. The zero-order chi connectivity index (χ0) is 21.0. The molecule has 8 heteroatoms. The van der Waals surface area contributed by atoms with E-state index >= 15 is 0 Å². The summed E-state index contributed by atoms with van der Waals surface area (Å²) in [5, 5.41) is 1.02. The lowest BCUT2D eigenvalue weighted by molar-refractivity contribution is 0.205. The molecule has 0 aliphatic heterocycles. The number of ether oxygens (including phenoxy) is 1. The Bertz CT molecular complexity index is 1100. The van der Waals surface area contributed by atoms with E-state index in [1.54, 1.807) is 13.3 Å². The van der Waals surface area contributed by atoms with Gasteiger partial charge in [0.2, 0.25) is 0 Å². The van der Waals surface area contributed by atoms with Crippen LogP contribution in [-0.2, 0) is 17.8 Å². The lowest BCUT2D eigenvalue weighted by atomic mass is 10.1. The van der Waals surface area contributed by atoms with Crippen LogP contribution in [0.25, 0.3) is 10.9 Å². The van der Waals surface area contributed by atoms with E-state index < -0.39 is 11.2 Å². The first kappa shape index (κ1) is 20.6. The maximum atomic E-state index is 12.7. The molecule has 3 rings (SSSR count). The highest BCUT2D eigenvalue weighted by Gasteiger charge is 2.20. The lowest BCUT2D eigenvalue weighted by Crippen LogP contribution is -2.40. The number of H-pyrrole nitrogens is 1. The molecule has 0 aliphatic carbocycles. The van der Waals surface area contributed by atoms with Gasteiger partial charge in [0.05, 0.1) is 12.1 Å². The molecule has 2 heterocycles. The first-order valence-corrected chi connectivity index (χ1v) is 9.61. The monoisotopic (exact) mass is 397 g/mol. The molecule has 3 aromatic rings. The number of benzene rings is 1. The molecule has 0 radical (unpaired) electrons. The Morgan fingerprint density at radius 1 is 1.24 bits per heavy atom. The van der Waals surface area contributed by atoms with Crippen molar-refractivity contribution in [2.24, 2.45) is 5.92 Å². The van der Waals surface area contributed by atoms with Crippen LogP contribution in [0.3, 0.4) is 0 Å². The number of anilines is 2. The van der Waals surface area contributed by atoms with Crippen molar-refractivity contribution in [3.8, 4) is 0 Å². The number of nitrogen functional groups attached to an aromatic ring is 1. The van der Waals surface area contributed by atoms with Crippen LogP contribution in [-0.4, -0.2) is 34.8 Å². The second-order valence-electron chi connectivity index (χ2n) is 7.40. The van der Waals surface area contributed by atoms with Crippen molar-refractivity contribution < 1.29 is 4.74 Å². The highest BCUT2D eigenvalue weighted by Crippen LogP contribution is 2.23. The molecule has 0 unspecified atom stereocenters. The average Bonchev–Trinajstić information content (AvgIpc) is 2.69. The van der Waals surface area contributed by atoms with Crippen molar-refractivity contribution in [1.29, 1.82) is 0 Å². The van der Waals surface area contributed by atoms with Gasteiger partial charge in [-0.25, -0.2) is 4.79 Å². The van der Waals surface area contributed by atoms with Gasteiger partial charge in [-0.3, -0.25) is 19.3 Å².